The third-order valence-corrected chi connectivity index (χ3v) is 11.6. The Morgan fingerprint density at radius 1 is 0.609 bits per heavy atom. The molecule has 0 amide bonds. The minimum absolute atomic E-state index is 0.0874. The van der Waals surface area contributed by atoms with Crippen molar-refractivity contribution in [2.24, 2.45) is 0 Å². The van der Waals surface area contributed by atoms with Gasteiger partial charge in [0.1, 0.15) is 0 Å². The van der Waals surface area contributed by atoms with Gasteiger partial charge >= 0.3 is 0 Å². The van der Waals surface area contributed by atoms with Crippen LogP contribution < -0.4 is 9.13 Å². The highest BCUT2D eigenvalue weighted by molar-refractivity contribution is 5.98. The van der Waals surface area contributed by atoms with Crippen LogP contribution in [0.4, 0.5) is 0 Å². The van der Waals surface area contributed by atoms with E-state index in [2.05, 4.69) is 145 Å². The van der Waals surface area contributed by atoms with Gasteiger partial charge in [0.05, 0.1) is 27.3 Å². The second-order valence-electron chi connectivity index (χ2n) is 13.9. The van der Waals surface area contributed by atoms with E-state index in [0.29, 0.717) is 0 Å². The van der Waals surface area contributed by atoms with Crippen LogP contribution >= 0.6 is 0 Å². The molecular weight excluding hydrogens is 556 g/mol. The van der Waals surface area contributed by atoms with Crippen LogP contribution in [0.25, 0.3) is 44.1 Å². The summed E-state index contributed by atoms with van der Waals surface area (Å²) in [5.41, 5.74) is 9.89. The van der Waals surface area contributed by atoms with Gasteiger partial charge in [-0.3, -0.25) is 0 Å². The summed E-state index contributed by atoms with van der Waals surface area (Å²) in [6.45, 7) is 9.06. The lowest BCUT2D eigenvalue weighted by atomic mass is 9.50. The van der Waals surface area contributed by atoms with E-state index in [-0.39, 0.29) is 10.8 Å². The van der Waals surface area contributed by atoms with Crippen molar-refractivity contribution in [3.8, 4) is 22.5 Å². The van der Waals surface area contributed by atoms with Gasteiger partial charge in [0.25, 0.3) is 0 Å². The molecule has 0 saturated carbocycles. The van der Waals surface area contributed by atoms with Crippen LogP contribution in [0, 0.1) is 0 Å². The summed E-state index contributed by atoms with van der Waals surface area (Å²) < 4.78 is 5.21. The van der Waals surface area contributed by atoms with Gasteiger partial charge in [-0.2, -0.15) is 9.13 Å². The minimum atomic E-state index is -0.0943. The van der Waals surface area contributed by atoms with Crippen molar-refractivity contribution in [2.75, 3.05) is 0 Å². The second-order valence-corrected chi connectivity index (χ2v) is 13.9. The zero-order chi connectivity index (χ0) is 31.3. The molecule has 2 aliphatic heterocycles. The van der Waals surface area contributed by atoms with Crippen LogP contribution in [-0.4, -0.2) is 0 Å². The standard InChI is InChI=1S/C44H46N2/c1-4-7-15-32-21-23-36-34(29-32)25-28-46-30-43(6-3,38-19-12-11-18-37(38)42(36)46)44(26-8-5-2)31-45-27-14-13-20-40(45)41-35-17-10-9-16-33(35)22-24-39(41)44/h9-14,16-25,27-29H,4-8,15,26,30-31H2,1-3H3/q+2. The smallest absolute Gasteiger partial charge is 0.197 e. The largest absolute Gasteiger partial charge is 0.220 e. The molecule has 2 aliphatic rings. The molecule has 8 rings (SSSR count). The summed E-state index contributed by atoms with van der Waals surface area (Å²) in [6.07, 6.45) is 13.0. The topological polar surface area (TPSA) is 7.76 Å². The van der Waals surface area contributed by atoms with E-state index in [9.17, 15) is 0 Å². The summed E-state index contributed by atoms with van der Waals surface area (Å²) in [6, 6.07) is 39.8. The molecule has 0 radical (unpaired) electrons. The fraction of sp³-hybridized carbons (Fsp3) is 0.318. The molecular formula is C44H46N2+2. The highest BCUT2D eigenvalue weighted by Crippen LogP contribution is 2.58. The number of pyridine rings is 2. The maximum absolute atomic E-state index is 2.62. The Bertz CT molecular complexity index is 2090. The van der Waals surface area contributed by atoms with Gasteiger partial charge in [0.15, 0.2) is 25.5 Å². The van der Waals surface area contributed by atoms with Crippen molar-refractivity contribution >= 4 is 21.5 Å². The Morgan fingerprint density at radius 2 is 1.41 bits per heavy atom. The Hall–Kier alpha value is -4.30. The Kier molecular flexibility index (Phi) is 7.28. The quantitative estimate of drug-likeness (QED) is 0.153. The zero-order valence-electron chi connectivity index (χ0n) is 27.7. The van der Waals surface area contributed by atoms with Crippen LogP contribution in [-0.2, 0) is 30.3 Å². The van der Waals surface area contributed by atoms with Crippen molar-refractivity contribution in [2.45, 2.75) is 89.6 Å². The number of unbranched alkanes of at least 4 members (excludes halogenated alkanes) is 2. The summed E-state index contributed by atoms with van der Waals surface area (Å²) in [4.78, 5) is 0. The van der Waals surface area contributed by atoms with Gasteiger partial charge in [0.2, 0.25) is 11.4 Å². The van der Waals surface area contributed by atoms with Gasteiger partial charge in [-0.05, 0) is 76.7 Å². The van der Waals surface area contributed by atoms with E-state index in [1.165, 1.54) is 86.4 Å². The maximum atomic E-state index is 2.62. The SMILES string of the molecule is CCCCc1ccc2c3[n+](ccc2c1)CC(CC)(C1(CCCC)C[n+]2ccccc2-c2c1ccc1ccccc21)c1ccccc1-3. The molecule has 0 saturated heterocycles. The summed E-state index contributed by atoms with van der Waals surface area (Å²) in [5.74, 6) is 0. The first kappa shape index (κ1) is 29.1. The Morgan fingerprint density at radius 3 is 2.28 bits per heavy atom. The molecule has 2 aromatic heterocycles. The molecule has 230 valence electrons. The molecule has 2 unspecified atom stereocenters. The molecule has 4 aromatic carbocycles. The number of nitrogens with zero attached hydrogens (tertiary/aromatic N) is 2. The third kappa shape index (κ3) is 4.22. The van der Waals surface area contributed by atoms with Crippen molar-refractivity contribution in [1.82, 2.24) is 0 Å². The number of hydrogen-bond acceptors (Lipinski definition) is 0. The summed E-state index contributed by atoms with van der Waals surface area (Å²) in [5, 5.41) is 5.42. The predicted molar refractivity (Wildman–Crippen MR) is 191 cm³/mol. The molecule has 0 bridgehead atoms. The number of aryl methyl sites for hydroxylation is 1. The lowest BCUT2D eigenvalue weighted by molar-refractivity contribution is -0.716. The maximum Gasteiger partial charge on any atom is 0.220 e. The van der Waals surface area contributed by atoms with Crippen molar-refractivity contribution in [3.63, 3.8) is 0 Å². The van der Waals surface area contributed by atoms with Gasteiger partial charge in [-0.25, -0.2) is 0 Å². The zero-order valence-corrected chi connectivity index (χ0v) is 27.7. The van der Waals surface area contributed by atoms with Crippen molar-refractivity contribution in [3.05, 3.63) is 132 Å². The van der Waals surface area contributed by atoms with E-state index < -0.39 is 0 Å². The Balaban J connectivity index is 1.41. The number of benzene rings is 4. The first-order valence-corrected chi connectivity index (χ1v) is 17.7. The minimum Gasteiger partial charge on any atom is -0.197 e. The van der Waals surface area contributed by atoms with Gasteiger partial charge in [-0.15, -0.1) is 0 Å². The van der Waals surface area contributed by atoms with E-state index >= 15 is 0 Å². The molecule has 0 aliphatic carbocycles. The summed E-state index contributed by atoms with van der Waals surface area (Å²) >= 11 is 0. The van der Waals surface area contributed by atoms with E-state index in [0.717, 1.165) is 32.4 Å². The van der Waals surface area contributed by atoms with E-state index in [4.69, 9.17) is 0 Å². The summed E-state index contributed by atoms with van der Waals surface area (Å²) in [7, 11) is 0. The van der Waals surface area contributed by atoms with Crippen LogP contribution in [0.5, 0.6) is 0 Å². The highest BCUT2D eigenvalue weighted by atomic mass is 15.0. The number of fused-ring (bicyclic) bond motifs is 10. The molecule has 0 spiro atoms. The first-order valence-electron chi connectivity index (χ1n) is 17.7. The van der Waals surface area contributed by atoms with Crippen molar-refractivity contribution in [1.29, 1.82) is 0 Å². The number of rotatable bonds is 8. The van der Waals surface area contributed by atoms with Crippen LogP contribution in [0.3, 0.4) is 0 Å². The molecule has 2 nitrogen and oxygen atoms in total. The van der Waals surface area contributed by atoms with Crippen LogP contribution in [0.1, 0.15) is 76.0 Å². The van der Waals surface area contributed by atoms with Gasteiger partial charge < -0.3 is 0 Å². The van der Waals surface area contributed by atoms with Gasteiger partial charge in [-0.1, -0.05) is 107 Å². The lowest BCUT2D eigenvalue weighted by Gasteiger charge is -2.51. The molecule has 0 fully saturated rings. The third-order valence-electron chi connectivity index (χ3n) is 11.6. The van der Waals surface area contributed by atoms with Crippen molar-refractivity contribution < 1.29 is 9.13 Å². The van der Waals surface area contributed by atoms with Gasteiger partial charge in [0, 0.05) is 18.2 Å². The molecule has 46 heavy (non-hydrogen) atoms. The predicted octanol–water partition coefficient (Wildman–Crippen LogP) is 10.0. The molecule has 4 heterocycles. The highest BCUT2D eigenvalue weighted by Gasteiger charge is 2.62. The van der Waals surface area contributed by atoms with Crippen LogP contribution in [0.2, 0.25) is 0 Å². The van der Waals surface area contributed by atoms with E-state index in [1.54, 1.807) is 0 Å². The Labute approximate surface area is 274 Å². The average Bonchev–Trinajstić information content (AvgIpc) is 3.11. The fourth-order valence-electron chi connectivity index (χ4n) is 9.37. The second kappa shape index (κ2) is 11.5. The average molecular weight is 603 g/mol. The normalized spacial score (nSPS) is 19.8. The first-order chi connectivity index (χ1) is 22.6. The fourth-order valence-corrected chi connectivity index (χ4v) is 9.37. The molecule has 2 atom stereocenters. The monoisotopic (exact) mass is 602 g/mol. The number of aromatic nitrogens is 2. The number of hydrogen-bond donors (Lipinski definition) is 0. The molecule has 2 heteroatoms. The van der Waals surface area contributed by atoms with Crippen LogP contribution in [0.15, 0.2) is 116 Å². The molecule has 6 aromatic rings. The van der Waals surface area contributed by atoms with E-state index in [1.807, 2.05) is 0 Å². The lowest BCUT2D eigenvalue weighted by Crippen LogP contribution is -2.66. The molecule has 0 N–H and O–H groups in total.